The second-order valence-corrected chi connectivity index (χ2v) is 4.42. The SMILES string of the molecule is CC(=O)c1c[nH]c(C(=O)NCc2cnn(C)c2C)c1. The van der Waals surface area contributed by atoms with Gasteiger partial charge in [-0.15, -0.1) is 0 Å². The highest BCUT2D eigenvalue weighted by Gasteiger charge is 2.11. The summed E-state index contributed by atoms with van der Waals surface area (Å²) < 4.78 is 1.75. The summed E-state index contributed by atoms with van der Waals surface area (Å²) >= 11 is 0. The minimum Gasteiger partial charge on any atom is -0.356 e. The molecule has 2 N–H and O–H groups in total. The van der Waals surface area contributed by atoms with Crippen LogP contribution in [0.4, 0.5) is 0 Å². The average Bonchev–Trinajstić information content (AvgIpc) is 2.97. The molecule has 6 heteroatoms. The van der Waals surface area contributed by atoms with Gasteiger partial charge < -0.3 is 10.3 Å². The van der Waals surface area contributed by atoms with Gasteiger partial charge in [0.1, 0.15) is 5.69 Å². The fourth-order valence-corrected chi connectivity index (χ4v) is 1.72. The maximum absolute atomic E-state index is 11.9. The van der Waals surface area contributed by atoms with Crippen molar-refractivity contribution in [2.24, 2.45) is 7.05 Å². The Morgan fingerprint density at radius 1 is 1.47 bits per heavy atom. The zero-order chi connectivity index (χ0) is 14.0. The van der Waals surface area contributed by atoms with E-state index in [0.717, 1.165) is 11.3 Å². The van der Waals surface area contributed by atoms with Crippen molar-refractivity contribution in [3.05, 3.63) is 41.0 Å². The largest absolute Gasteiger partial charge is 0.356 e. The first-order chi connectivity index (χ1) is 8.99. The van der Waals surface area contributed by atoms with E-state index < -0.39 is 0 Å². The molecule has 2 aromatic heterocycles. The first-order valence-corrected chi connectivity index (χ1v) is 5.94. The van der Waals surface area contributed by atoms with E-state index in [1.165, 1.54) is 13.1 Å². The molecule has 0 saturated carbocycles. The molecule has 2 rings (SSSR count). The smallest absolute Gasteiger partial charge is 0.267 e. The molecule has 0 aliphatic rings. The molecule has 0 bridgehead atoms. The summed E-state index contributed by atoms with van der Waals surface area (Å²) in [5.74, 6) is -0.311. The number of hydrogen-bond donors (Lipinski definition) is 2. The van der Waals surface area contributed by atoms with Gasteiger partial charge in [-0.3, -0.25) is 14.3 Å². The van der Waals surface area contributed by atoms with Gasteiger partial charge in [-0.25, -0.2) is 0 Å². The normalized spacial score (nSPS) is 10.5. The van der Waals surface area contributed by atoms with Crippen molar-refractivity contribution in [3.8, 4) is 0 Å². The topological polar surface area (TPSA) is 79.8 Å². The molecule has 0 unspecified atom stereocenters. The molecule has 0 aromatic carbocycles. The standard InChI is InChI=1S/C13H16N4O2/c1-8-11(7-16-17(8)3)6-15-13(19)12-4-10(5-14-12)9(2)18/h4-5,7,14H,6H2,1-3H3,(H,15,19). The summed E-state index contributed by atoms with van der Waals surface area (Å²) in [7, 11) is 1.85. The Morgan fingerprint density at radius 2 is 2.21 bits per heavy atom. The molecule has 6 nitrogen and oxygen atoms in total. The summed E-state index contributed by atoms with van der Waals surface area (Å²) in [6, 6.07) is 1.55. The maximum atomic E-state index is 11.9. The Hall–Kier alpha value is -2.37. The van der Waals surface area contributed by atoms with E-state index in [4.69, 9.17) is 0 Å². The fraction of sp³-hybridized carbons (Fsp3) is 0.308. The van der Waals surface area contributed by atoms with Crippen LogP contribution in [-0.4, -0.2) is 26.5 Å². The van der Waals surface area contributed by atoms with Gasteiger partial charge in [-0.05, 0) is 19.9 Å². The summed E-state index contributed by atoms with van der Waals surface area (Å²) in [6.45, 7) is 3.81. The number of H-pyrrole nitrogens is 1. The zero-order valence-electron chi connectivity index (χ0n) is 11.2. The summed E-state index contributed by atoms with van der Waals surface area (Å²) in [6.07, 6.45) is 3.26. The van der Waals surface area contributed by atoms with Crippen LogP contribution in [0.3, 0.4) is 0 Å². The molecule has 0 radical (unpaired) electrons. The molecule has 1 amide bonds. The van der Waals surface area contributed by atoms with Crippen LogP contribution < -0.4 is 5.32 Å². The number of amides is 1. The number of carbonyl (C=O) groups is 2. The van der Waals surface area contributed by atoms with Crippen molar-refractivity contribution < 1.29 is 9.59 Å². The third-order valence-corrected chi connectivity index (χ3v) is 3.11. The van der Waals surface area contributed by atoms with Crippen molar-refractivity contribution in [3.63, 3.8) is 0 Å². The van der Waals surface area contributed by atoms with E-state index in [0.29, 0.717) is 17.8 Å². The Morgan fingerprint density at radius 3 is 2.74 bits per heavy atom. The van der Waals surface area contributed by atoms with Gasteiger partial charge in [0.05, 0.1) is 6.20 Å². The summed E-state index contributed by atoms with van der Waals surface area (Å²) in [5, 5.41) is 6.89. The van der Waals surface area contributed by atoms with E-state index in [-0.39, 0.29) is 11.7 Å². The summed E-state index contributed by atoms with van der Waals surface area (Å²) in [4.78, 5) is 25.8. The maximum Gasteiger partial charge on any atom is 0.267 e. The molecule has 0 fully saturated rings. The lowest BCUT2D eigenvalue weighted by Gasteiger charge is -2.03. The molecule has 0 spiro atoms. The summed E-state index contributed by atoms with van der Waals surface area (Å²) in [5.41, 5.74) is 2.86. The Balaban J connectivity index is 2.01. The van der Waals surface area contributed by atoms with Crippen molar-refractivity contribution >= 4 is 11.7 Å². The van der Waals surface area contributed by atoms with E-state index in [2.05, 4.69) is 15.4 Å². The first kappa shape index (κ1) is 13.1. The molecular formula is C13H16N4O2. The average molecular weight is 260 g/mol. The van der Waals surface area contributed by atoms with E-state index in [1.807, 2.05) is 14.0 Å². The molecule has 100 valence electrons. The van der Waals surface area contributed by atoms with Gasteiger partial charge in [-0.1, -0.05) is 0 Å². The molecular weight excluding hydrogens is 244 g/mol. The lowest BCUT2D eigenvalue weighted by atomic mass is 10.2. The molecule has 0 aliphatic heterocycles. The van der Waals surface area contributed by atoms with Crippen molar-refractivity contribution in [2.75, 3.05) is 0 Å². The highest BCUT2D eigenvalue weighted by molar-refractivity contribution is 5.99. The lowest BCUT2D eigenvalue weighted by molar-refractivity contribution is 0.0946. The minimum absolute atomic E-state index is 0.0709. The monoisotopic (exact) mass is 260 g/mol. The zero-order valence-corrected chi connectivity index (χ0v) is 11.2. The predicted molar refractivity (Wildman–Crippen MR) is 69.9 cm³/mol. The van der Waals surface area contributed by atoms with Crippen LogP contribution in [0.1, 0.15) is 39.0 Å². The molecule has 0 aliphatic carbocycles. The third-order valence-electron chi connectivity index (χ3n) is 3.11. The third kappa shape index (κ3) is 2.73. The number of aromatic amines is 1. The molecule has 2 aromatic rings. The van der Waals surface area contributed by atoms with Crippen LogP contribution in [-0.2, 0) is 13.6 Å². The Kier molecular flexibility index (Phi) is 3.50. The Labute approximate surface area is 110 Å². The van der Waals surface area contributed by atoms with Crippen molar-refractivity contribution in [1.29, 1.82) is 0 Å². The van der Waals surface area contributed by atoms with Crippen LogP contribution >= 0.6 is 0 Å². The van der Waals surface area contributed by atoms with Crippen LogP contribution in [0, 0.1) is 6.92 Å². The second-order valence-electron chi connectivity index (χ2n) is 4.42. The number of aromatic nitrogens is 3. The number of aryl methyl sites for hydroxylation is 1. The number of nitrogens with one attached hydrogen (secondary N) is 2. The van der Waals surface area contributed by atoms with Crippen LogP contribution in [0.5, 0.6) is 0 Å². The fourth-order valence-electron chi connectivity index (χ4n) is 1.72. The van der Waals surface area contributed by atoms with Crippen LogP contribution in [0.25, 0.3) is 0 Å². The van der Waals surface area contributed by atoms with Gasteiger partial charge in [0.25, 0.3) is 5.91 Å². The number of Topliss-reactive ketones (excluding diaryl/α,β-unsaturated/α-hetero) is 1. The van der Waals surface area contributed by atoms with Crippen molar-refractivity contribution in [1.82, 2.24) is 20.1 Å². The van der Waals surface area contributed by atoms with Gasteiger partial charge in [-0.2, -0.15) is 5.10 Å². The molecule has 0 atom stereocenters. The molecule has 19 heavy (non-hydrogen) atoms. The Bertz CT molecular complexity index is 624. The number of carbonyl (C=O) groups excluding carboxylic acids is 2. The van der Waals surface area contributed by atoms with Crippen LogP contribution in [0.2, 0.25) is 0 Å². The molecule has 0 saturated heterocycles. The number of nitrogens with zero attached hydrogens (tertiary/aromatic N) is 2. The number of rotatable bonds is 4. The van der Waals surface area contributed by atoms with Gasteiger partial charge in [0.15, 0.2) is 5.78 Å². The quantitative estimate of drug-likeness (QED) is 0.810. The number of ketones is 1. The van der Waals surface area contributed by atoms with Gasteiger partial charge in [0, 0.05) is 36.6 Å². The van der Waals surface area contributed by atoms with Gasteiger partial charge >= 0.3 is 0 Å². The van der Waals surface area contributed by atoms with Crippen LogP contribution in [0.15, 0.2) is 18.5 Å². The van der Waals surface area contributed by atoms with E-state index in [1.54, 1.807) is 16.9 Å². The second kappa shape index (κ2) is 5.09. The predicted octanol–water partition coefficient (Wildman–Crippen LogP) is 1.19. The molecule has 2 heterocycles. The minimum atomic E-state index is -0.240. The van der Waals surface area contributed by atoms with Gasteiger partial charge in [0.2, 0.25) is 0 Å². The first-order valence-electron chi connectivity index (χ1n) is 5.94. The number of hydrogen-bond acceptors (Lipinski definition) is 3. The van der Waals surface area contributed by atoms with Crippen molar-refractivity contribution in [2.45, 2.75) is 20.4 Å². The lowest BCUT2D eigenvalue weighted by Crippen LogP contribution is -2.23. The van der Waals surface area contributed by atoms with E-state index in [9.17, 15) is 9.59 Å². The highest BCUT2D eigenvalue weighted by atomic mass is 16.2. The highest BCUT2D eigenvalue weighted by Crippen LogP contribution is 2.07. The van der Waals surface area contributed by atoms with E-state index >= 15 is 0 Å².